The second-order valence-electron chi connectivity index (χ2n) is 14.4. The summed E-state index contributed by atoms with van der Waals surface area (Å²) >= 11 is 0. The van der Waals surface area contributed by atoms with E-state index in [0.717, 1.165) is 96.3 Å². The Morgan fingerprint density at radius 2 is 0.982 bits per heavy atom. The van der Waals surface area contributed by atoms with E-state index in [-0.39, 0.29) is 19.4 Å². The van der Waals surface area contributed by atoms with Gasteiger partial charge in [0.2, 0.25) is 0 Å². The smallest absolute Gasteiger partial charge is 0.472 e. The van der Waals surface area contributed by atoms with Gasteiger partial charge in [-0.15, -0.1) is 0 Å². The van der Waals surface area contributed by atoms with Gasteiger partial charge >= 0.3 is 25.7 Å². The quantitative estimate of drug-likeness (QED) is 0.0232. The van der Waals surface area contributed by atoms with Gasteiger partial charge < -0.3 is 25.2 Å². The Labute approximate surface area is 345 Å². The summed E-state index contributed by atoms with van der Waals surface area (Å²) in [7, 11) is -4.72. The zero-order valence-electron chi connectivity index (χ0n) is 35.4. The first-order valence-corrected chi connectivity index (χ1v) is 23.3. The van der Waals surface area contributed by atoms with Crippen molar-refractivity contribution in [1.29, 1.82) is 0 Å². The molecule has 0 saturated heterocycles. The van der Waals surface area contributed by atoms with E-state index in [2.05, 4.69) is 79.1 Å². The highest BCUT2D eigenvalue weighted by Gasteiger charge is 2.28. The zero-order valence-corrected chi connectivity index (χ0v) is 36.3. The number of phosphoric ester groups is 1. The summed E-state index contributed by atoms with van der Waals surface area (Å²) in [5.41, 5.74) is 5.33. The lowest BCUT2D eigenvalue weighted by Crippen LogP contribution is -2.34. The second kappa shape index (κ2) is 40.0. The number of allylic oxidation sites excluding steroid dienone is 10. The molecule has 0 aromatic heterocycles. The highest BCUT2D eigenvalue weighted by molar-refractivity contribution is 7.47. The third-order valence-electron chi connectivity index (χ3n) is 9.00. The fourth-order valence-corrected chi connectivity index (χ4v) is 6.36. The monoisotopic (exact) mass is 824 g/mol. The summed E-state index contributed by atoms with van der Waals surface area (Å²) in [5.74, 6) is -2.41. The molecule has 0 aliphatic heterocycles. The number of carboxylic acid groups (broad SMARTS) is 1. The molecule has 0 fully saturated rings. The van der Waals surface area contributed by atoms with Gasteiger partial charge in [0.25, 0.3) is 0 Å². The van der Waals surface area contributed by atoms with Gasteiger partial charge in [-0.2, -0.15) is 0 Å². The number of aliphatic carboxylic acids is 1. The van der Waals surface area contributed by atoms with Crippen molar-refractivity contribution in [3.63, 3.8) is 0 Å². The number of carbonyl (C=O) groups is 3. The number of carboxylic acids is 1. The van der Waals surface area contributed by atoms with Crippen LogP contribution in [0.1, 0.15) is 174 Å². The van der Waals surface area contributed by atoms with E-state index in [9.17, 15) is 23.8 Å². The fourth-order valence-electron chi connectivity index (χ4n) is 5.58. The molecule has 0 rings (SSSR count). The zero-order chi connectivity index (χ0) is 42.1. The van der Waals surface area contributed by atoms with Crippen molar-refractivity contribution in [3.05, 3.63) is 60.8 Å². The van der Waals surface area contributed by atoms with Crippen LogP contribution in [0.5, 0.6) is 0 Å². The van der Waals surface area contributed by atoms with Gasteiger partial charge in [-0.25, -0.2) is 4.57 Å². The molecule has 0 spiro atoms. The van der Waals surface area contributed by atoms with Crippen molar-refractivity contribution in [3.8, 4) is 0 Å². The van der Waals surface area contributed by atoms with Gasteiger partial charge in [-0.3, -0.25) is 23.4 Å². The highest BCUT2D eigenvalue weighted by Crippen LogP contribution is 2.43. The van der Waals surface area contributed by atoms with Gasteiger partial charge in [-0.1, -0.05) is 145 Å². The molecule has 0 bridgehead atoms. The fraction of sp³-hybridized carbons (Fsp3) is 0.711. The summed E-state index contributed by atoms with van der Waals surface area (Å²) < 4.78 is 32.7. The van der Waals surface area contributed by atoms with Crippen LogP contribution in [0.2, 0.25) is 0 Å². The average molecular weight is 824 g/mol. The van der Waals surface area contributed by atoms with Crippen LogP contribution in [0.4, 0.5) is 0 Å². The lowest BCUT2D eigenvalue weighted by molar-refractivity contribution is -0.161. The summed E-state index contributed by atoms with van der Waals surface area (Å²) in [4.78, 5) is 45.9. The maximum atomic E-state index is 12.6. The standard InChI is InChI=1S/C45H78NO10P/c1-3-5-7-9-11-13-15-17-18-19-20-21-22-23-24-25-27-29-31-33-35-37-44(48)56-41(39-54-57(51,52)55-40-42(46)45(49)50)38-53-43(47)36-34-32-30-28-26-16-14-12-10-8-6-4-2/h5,7,11-14,17-18,20-21,41-42H,3-4,6,8-10,15-16,19,22-40,46H2,1-2H3,(H,49,50)(H,51,52)/b7-5-,13-11-,14-12-,18-17-,21-20-. The van der Waals surface area contributed by atoms with Crippen molar-refractivity contribution in [2.24, 2.45) is 5.73 Å². The molecular formula is C45H78NO10P. The summed E-state index contributed by atoms with van der Waals surface area (Å²) in [5, 5.41) is 8.88. The molecule has 57 heavy (non-hydrogen) atoms. The number of ether oxygens (including phenoxy) is 2. The van der Waals surface area contributed by atoms with Crippen LogP contribution in [-0.2, 0) is 37.5 Å². The number of nitrogens with two attached hydrogens (primary N) is 1. The molecule has 3 atom stereocenters. The Balaban J connectivity index is 4.35. The minimum Gasteiger partial charge on any atom is -0.480 e. The van der Waals surface area contributed by atoms with Crippen molar-refractivity contribution in [2.75, 3.05) is 19.8 Å². The van der Waals surface area contributed by atoms with Crippen LogP contribution in [0, 0.1) is 0 Å². The third-order valence-corrected chi connectivity index (χ3v) is 9.95. The third kappa shape index (κ3) is 39.8. The number of hydrogen-bond acceptors (Lipinski definition) is 9. The van der Waals surface area contributed by atoms with E-state index >= 15 is 0 Å². The molecule has 0 aliphatic rings. The van der Waals surface area contributed by atoms with Gasteiger partial charge in [0.05, 0.1) is 13.2 Å². The maximum Gasteiger partial charge on any atom is 0.472 e. The molecule has 0 aliphatic carbocycles. The molecule has 0 aromatic rings. The van der Waals surface area contributed by atoms with E-state index < -0.39 is 51.1 Å². The van der Waals surface area contributed by atoms with Gasteiger partial charge in [0.1, 0.15) is 12.6 Å². The number of unbranched alkanes of at least 4 members (excludes halogenated alkanes) is 16. The maximum absolute atomic E-state index is 12.6. The molecule has 11 nitrogen and oxygen atoms in total. The molecule has 328 valence electrons. The SMILES string of the molecule is CC/C=C\C/C=C\C/C=C\C/C=C\CCCCCCCCCCC(=O)OC(COC(=O)CCCCCCC/C=C\CCCCC)COP(=O)(O)OCC(N)C(=O)O. The molecule has 12 heteroatoms. The Morgan fingerprint density at radius 1 is 0.561 bits per heavy atom. The second-order valence-corrected chi connectivity index (χ2v) is 15.9. The predicted molar refractivity (Wildman–Crippen MR) is 231 cm³/mol. The number of hydrogen-bond donors (Lipinski definition) is 3. The summed E-state index contributed by atoms with van der Waals surface area (Å²) in [6.45, 7) is 2.64. The van der Waals surface area contributed by atoms with Crippen LogP contribution in [0.15, 0.2) is 60.8 Å². The van der Waals surface area contributed by atoms with E-state index in [1.54, 1.807) is 0 Å². The van der Waals surface area contributed by atoms with Gasteiger partial charge in [-0.05, 0) is 77.0 Å². The minimum atomic E-state index is -4.72. The highest BCUT2D eigenvalue weighted by atomic mass is 31.2. The Kier molecular flexibility index (Phi) is 38.0. The topological polar surface area (TPSA) is 172 Å². The molecule has 4 N–H and O–H groups in total. The first kappa shape index (κ1) is 54.2. The number of phosphoric acid groups is 1. The predicted octanol–water partition coefficient (Wildman–Crippen LogP) is 11.6. The Morgan fingerprint density at radius 3 is 1.49 bits per heavy atom. The van der Waals surface area contributed by atoms with Crippen molar-refractivity contribution >= 4 is 25.7 Å². The first-order chi connectivity index (χ1) is 27.6. The van der Waals surface area contributed by atoms with E-state index in [0.29, 0.717) is 12.8 Å². The van der Waals surface area contributed by atoms with Crippen LogP contribution < -0.4 is 5.73 Å². The molecule has 0 amide bonds. The van der Waals surface area contributed by atoms with Gasteiger partial charge in [0, 0.05) is 12.8 Å². The molecule has 0 saturated carbocycles. The van der Waals surface area contributed by atoms with Crippen LogP contribution in [-0.4, -0.2) is 59.9 Å². The number of carbonyl (C=O) groups excluding carboxylic acids is 2. The van der Waals surface area contributed by atoms with Crippen LogP contribution >= 0.6 is 7.82 Å². The lowest BCUT2D eigenvalue weighted by Gasteiger charge is -2.20. The Bertz CT molecular complexity index is 1200. The normalized spacial score (nSPS) is 14.3. The number of rotatable bonds is 40. The van der Waals surface area contributed by atoms with Crippen molar-refractivity contribution < 1.29 is 47.5 Å². The van der Waals surface area contributed by atoms with Crippen molar-refractivity contribution in [1.82, 2.24) is 0 Å². The molecule has 0 heterocycles. The van der Waals surface area contributed by atoms with Crippen molar-refractivity contribution in [2.45, 2.75) is 187 Å². The Hall–Kier alpha value is -2.82. The summed E-state index contributed by atoms with van der Waals surface area (Å²) in [6.07, 6.45) is 45.7. The van der Waals surface area contributed by atoms with E-state index in [4.69, 9.17) is 24.8 Å². The molecular weight excluding hydrogens is 745 g/mol. The van der Waals surface area contributed by atoms with Crippen LogP contribution in [0.25, 0.3) is 0 Å². The van der Waals surface area contributed by atoms with Gasteiger partial charge in [0.15, 0.2) is 6.10 Å². The number of esters is 2. The largest absolute Gasteiger partial charge is 0.480 e. The van der Waals surface area contributed by atoms with E-state index in [1.807, 2.05) is 0 Å². The molecule has 0 radical (unpaired) electrons. The molecule has 0 aromatic carbocycles. The first-order valence-electron chi connectivity index (χ1n) is 21.8. The summed E-state index contributed by atoms with van der Waals surface area (Å²) in [6, 6.07) is -1.53. The lowest BCUT2D eigenvalue weighted by atomic mass is 10.1. The average Bonchev–Trinajstić information content (AvgIpc) is 3.19. The minimum absolute atomic E-state index is 0.148. The molecule has 3 unspecified atom stereocenters. The van der Waals surface area contributed by atoms with Crippen LogP contribution in [0.3, 0.4) is 0 Å². The van der Waals surface area contributed by atoms with E-state index in [1.165, 1.54) is 38.5 Å².